The molecule has 0 spiro atoms. The number of sulfonamides is 1. The smallest absolute Gasteiger partial charge is 0.338 e. The largest absolute Gasteiger partial charge is 0.495 e. The third kappa shape index (κ3) is 6.70. The molecule has 0 radical (unpaired) electrons. The summed E-state index contributed by atoms with van der Waals surface area (Å²) in [7, 11) is -2.57. The number of carbonyl (C=O) groups excluding carboxylic acids is 3. The molecule has 3 amide bonds. The van der Waals surface area contributed by atoms with Gasteiger partial charge >= 0.3 is 12.0 Å². The Morgan fingerprint density at radius 1 is 1.17 bits per heavy atom. The summed E-state index contributed by atoms with van der Waals surface area (Å²) in [6.45, 7) is 6.53. The summed E-state index contributed by atoms with van der Waals surface area (Å²) < 4.78 is 37.8. The number of carbonyl (C=O) groups is 3. The molecule has 1 aliphatic carbocycles. The van der Waals surface area contributed by atoms with Crippen LogP contribution in [0.25, 0.3) is 0 Å². The normalized spacial score (nSPS) is 15.1. The van der Waals surface area contributed by atoms with Gasteiger partial charge in [0.1, 0.15) is 10.6 Å². The number of imide groups is 1. The van der Waals surface area contributed by atoms with E-state index >= 15 is 0 Å². The summed E-state index contributed by atoms with van der Waals surface area (Å²) in [4.78, 5) is 36.1. The summed E-state index contributed by atoms with van der Waals surface area (Å²) in [5, 5.41) is 4.63. The van der Waals surface area contributed by atoms with E-state index in [1.54, 1.807) is 20.8 Å². The van der Waals surface area contributed by atoms with Gasteiger partial charge in [0.05, 0.1) is 12.7 Å². The van der Waals surface area contributed by atoms with E-state index in [1.165, 1.54) is 26.2 Å². The lowest BCUT2D eigenvalue weighted by Crippen LogP contribution is -2.50. The SMILES string of the molecule is COc1ccc(C(=O)OC(C)C(=O)NC(=O)NC(C)(C)C)cc1S(=O)(=O)NC1CC1. The van der Waals surface area contributed by atoms with E-state index in [2.05, 4.69) is 15.4 Å². The molecule has 1 aromatic carbocycles. The molecule has 166 valence electrons. The number of benzene rings is 1. The van der Waals surface area contributed by atoms with E-state index in [4.69, 9.17) is 9.47 Å². The van der Waals surface area contributed by atoms with Gasteiger partial charge in [-0.05, 0) is 58.7 Å². The molecule has 11 heteroatoms. The van der Waals surface area contributed by atoms with Crippen LogP contribution in [0.15, 0.2) is 23.1 Å². The molecule has 3 N–H and O–H groups in total. The van der Waals surface area contributed by atoms with Gasteiger partial charge in [0, 0.05) is 11.6 Å². The van der Waals surface area contributed by atoms with Crippen molar-refractivity contribution >= 4 is 27.9 Å². The van der Waals surface area contributed by atoms with Crippen molar-refractivity contribution in [3.63, 3.8) is 0 Å². The van der Waals surface area contributed by atoms with Crippen LogP contribution in [0.4, 0.5) is 4.79 Å². The quantitative estimate of drug-likeness (QED) is 0.542. The average Bonchev–Trinajstić information content (AvgIpc) is 3.42. The van der Waals surface area contributed by atoms with Gasteiger partial charge in [0.2, 0.25) is 10.0 Å². The summed E-state index contributed by atoms with van der Waals surface area (Å²) >= 11 is 0. The summed E-state index contributed by atoms with van der Waals surface area (Å²) in [6, 6.07) is 2.94. The van der Waals surface area contributed by atoms with E-state index in [9.17, 15) is 22.8 Å². The number of urea groups is 1. The Balaban J connectivity index is 2.10. The molecule has 0 saturated heterocycles. The topological polar surface area (TPSA) is 140 Å². The molecule has 1 aliphatic rings. The van der Waals surface area contributed by atoms with E-state index in [-0.39, 0.29) is 22.3 Å². The van der Waals surface area contributed by atoms with Gasteiger partial charge in [-0.15, -0.1) is 0 Å². The number of ether oxygens (including phenoxy) is 2. The second-order valence-corrected chi connectivity index (χ2v) is 9.68. The highest BCUT2D eigenvalue weighted by molar-refractivity contribution is 7.89. The van der Waals surface area contributed by atoms with Crippen LogP contribution >= 0.6 is 0 Å². The Morgan fingerprint density at radius 2 is 1.80 bits per heavy atom. The Labute approximate surface area is 175 Å². The molecule has 0 bridgehead atoms. The minimum atomic E-state index is -3.89. The van der Waals surface area contributed by atoms with Crippen molar-refractivity contribution in [3.05, 3.63) is 23.8 Å². The highest BCUT2D eigenvalue weighted by Crippen LogP contribution is 2.28. The number of amides is 3. The number of hydrogen-bond acceptors (Lipinski definition) is 7. The van der Waals surface area contributed by atoms with Gasteiger partial charge in [-0.3, -0.25) is 10.1 Å². The zero-order valence-electron chi connectivity index (χ0n) is 17.6. The van der Waals surface area contributed by atoms with Crippen LogP contribution in [0.5, 0.6) is 5.75 Å². The first-order valence-corrected chi connectivity index (χ1v) is 10.8. The first-order chi connectivity index (χ1) is 13.8. The third-order valence-corrected chi connectivity index (χ3v) is 5.51. The van der Waals surface area contributed by atoms with Crippen molar-refractivity contribution in [1.82, 2.24) is 15.4 Å². The van der Waals surface area contributed by atoms with Gasteiger partial charge in [0.15, 0.2) is 6.10 Å². The molecule has 0 heterocycles. The van der Waals surface area contributed by atoms with Crippen molar-refractivity contribution in [3.8, 4) is 5.75 Å². The maximum Gasteiger partial charge on any atom is 0.338 e. The van der Waals surface area contributed by atoms with Crippen LogP contribution in [0, 0.1) is 0 Å². The maximum atomic E-state index is 12.6. The fourth-order valence-corrected chi connectivity index (χ4v) is 3.87. The average molecular weight is 442 g/mol. The van der Waals surface area contributed by atoms with Crippen LogP contribution in [0.1, 0.15) is 50.9 Å². The van der Waals surface area contributed by atoms with Gasteiger partial charge in [-0.25, -0.2) is 22.7 Å². The molecule has 2 rings (SSSR count). The van der Waals surface area contributed by atoms with Crippen LogP contribution in [-0.4, -0.2) is 51.1 Å². The summed E-state index contributed by atoms with van der Waals surface area (Å²) in [5.41, 5.74) is -0.630. The number of hydrogen-bond donors (Lipinski definition) is 3. The van der Waals surface area contributed by atoms with Crippen LogP contribution in [0.3, 0.4) is 0 Å². The first kappa shape index (κ1) is 23.6. The Morgan fingerprint density at radius 3 is 2.33 bits per heavy atom. The van der Waals surface area contributed by atoms with Gasteiger partial charge in [-0.1, -0.05) is 0 Å². The molecule has 1 saturated carbocycles. The molecule has 0 aliphatic heterocycles. The second kappa shape index (κ2) is 9.00. The molecule has 1 atom stereocenters. The molecule has 0 aromatic heterocycles. The summed E-state index contributed by atoms with van der Waals surface area (Å²) in [5.74, 6) is -1.66. The summed E-state index contributed by atoms with van der Waals surface area (Å²) in [6.07, 6.45) is 0.215. The number of esters is 1. The molecule has 1 unspecified atom stereocenters. The van der Waals surface area contributed by atoms with E-state index in [1.807, 2.05) is 0 Å². The Kier molecular flexibility index (Phi) is 7.09. The maximum absolute atomic E-state index is 12.6. The van der Waals surface area contributed by atoms with Crippen molar-refractivity contribution in [2.24, 2.45) is 0 Å². The van der Waals surface area contributed by atoms with Gasteiger partial charge in [0.25, 0.3) is 5.91 Å². The standard InChI is InChI=1S/C19H27N3O7S/c1-11(16(23)20-18(25)21-19(2,3)4)29-17(24)12-6-9-14(28-5)15(10-12)30(26,27)22-13-7-8-13/h6,9-11,13,22H,7-8H2,1-5H3,(H2,20,21,23,25). The van der Waals surface area contributed by atoms with Crippen molar-refractivity contribution in [2.75, 3.05) is 7.11 Å². The molecule has 10 nitrogen and oxygen atoms in total. The predicted octanol–water partition coefficient (Wildman–Crippen LogP) is 1.31. The van der Waals surface area contributed by atoms with Crippen molar-refractivity contribution in [2.45, 2.75) is 63.1 Å². The molecule has 30 heavy (non-hydrogen) atoms. The highest BCUT2D eigenvalue weighted by Gasteiger charge is 2.31. The van der Waals surface area contributed by atoms with Crippen LogP contribution in [-0.2, 0) is 19.6 Å². The lowest BCUT2D eigenvalue weighted by Gasteiger charge is -2.21. The van der Waals surface area contributed by atoms with Crippen LogP contribution in [0.2, 0.25) is 0 Å². The number of nitrogens with one attached hydrogen (secondary N) is 3. The lowest BCUT2D eigenvalue weighted by atomic mass is 10.1. The van der Waals surface area contributed by atoms with Crippen LogP contribution < -0.4 is 20.1 Å². The first-order valence-electron chi connectivity index (χ1n) is 9.37. The molecule has 1 aromatic rings. The van der Waals surface area contributed by atoms with E-state index < -0.39 is 39.6 Å². The fourth-order valence-electron chi connectivity index (χ4n) is 2.37. The molecular weight excluding hydrogens is 414 g/mol. The van der Waals surface area contributed by atoms with Gasteiger partial charge < -0.3 is 14.8 Å². The lowest BCUT2D eigenvalue weighted by molar-refractivity contribution is -0.127. The monoisotopic (exact) mass is 441 g/mol. The Bertz CT molecular complexity index is 934. The molecule has 1 fully saturated rings. The third-order valence-electron chi connectivity index (χ3n) is 3.97. The predicted molar refractivity (Wildman–Crippen MR) is 108 cm³/mol. The van der Waals surface area contributed by atoms with Crippen molar-refractivity contribution < 1.29 is 32.3 Å². The number of methoxy groups -OCH3 is 1. The van der Waals surface area contributed by atoms with E-state index in [0.29, 0.717) is 0 Å². The number of rotatable bonds is 7. The van der Waals surface area contributed by atoms with Crippen molar-refractivity contribution in [1.29, 1.82) is 0 Å². The zero-order valence-corrected chi connectivity index (χ0v) is 18.4. The molecular formula is C19H27N3O7S. The fraction of sp³-hybridized carbons (Fsp3) is 0.526. The van der Waals surface area contributed by atoms with Gasteiger partial charge in [-0.2, -0.15) is 0 Å². The minimum Gasteiger partial charge on any atom is -0.495 e. The Hall–Kier alpha value is -2.66. The highest BCUT2D eigenvalue weighted by atomic mass is 32.2. The zero-order chi connectivity index (χ0) is 22.7. The minimum absolute atomic E-state index is 0.0735. The van der Waals surface area contributed by atoms with E-state index in [0.717, 1.165) is 18.9 Å². The second-order valence-electron chi connectivity index (χ2n) is 8.00.